The zero-order chi connectivity index (χ0) is 40.2. The molecule has 21 heteroatoms. The molecule has 54 heavy (non-hydrogen) atoms. The van der Waals surface area contributed by atoms with Gasteiger partial charge in [0.2, 0.25) is 11.8 Å². The topological polar surface area (TPSA) is 291 Å². The average Bonchev–Trinajstić information content (AvgIpc) is 3.09. The summed E-state index contributed by atoms with van der Waals surface area (Å²) in [6.45, 7) is 4.91. The van der Waals surface area contributed by atoms with E-state index in [4.69, 9.17) is 5.11 Å². The van der Waals surface area contributed by atoms with Crippen LogP contribution in [0.5, 0.6) is 0 Å². The van der Waals surface area contributed by atoms with E-state index in [0.717, 1.165) is 6.92 Å². The summed E-state index contributed by atoms with van der Waals surface area (Å²) < 4.78 is 0. The molecule has 300 valence electrons. The van der Waals surface area contributed by atoms with Crippen LogP contribution in [0.4, 0.5) is 4.79 Å². The molecule has 1 aliphatic heterocycles. The van der Waals surface area contributed by atoms with E-state index in [-0.39, 0.29) is 51.1 Å². The highest BCUT2D eigenvalue weighted by Crippen LogP contribution is 2.07. The zero-order valence-corrected chi connectivity index (χ0v) is 30.5. The van der Waals surface area contributed by atoms with Crippen LogP contribution >= 0.6 is 0 Å². The van der Waals surface area contributed by atoms with Crippen molar-refractivity contribution >= 4 is 47.5 Å². The molecule has 2 heterocycles. The van der Waals surface area contributed by atoms with E-state index in [2.05, 4.69) is 36.1 Å². The van der Waals surface area contributed by atoms with Gasteiger partial charge in [0.1, 0.15) is 11.7 Å². The van der Waals surface area contributed by atoms with Crippen molar-refractivity contribution in [3.05, 3.63) is 29.6 Å². The van der Waals surface area contributed by atoms with Gasteiger partial charge < -0.3 is 46.6 Å². The molecule has 0 radical (unpaired) electrons. The molecule has 1 fully saturated rings. The summed E-state index contributed by atoms with van der Waals surface area (Å²) in [6.07, 6.45) is -1.22. The SMILES string of the molecule is CC(=O)[C@H](CCC(=O)O)NC(=O)N[C@@H](CCC(=O)NCNC(=O)CN1CCN(C)CCN(Cc2cccc(C(=O)O)n2)CCN(CC(=O)O)CC1)C(=O)O. The first-order chi connectivity index (χ1) is 25.5. The van der Waals surface area contributed by atoms with E-state index in [1.54, 1.807) is 17.0 Å². The quantitative estimate of drug-likeness (QED) is 0.0691. The second kappa shape index (κ2) is 23.4. The van der Waals surface area contributed by atoms with Gasteiger partial charge in [-0.1, -0.05) is 6.07 Å². The minimum absolute atomic E-state index is 0.0455. The van der Waals surface area contributed by atoms with Crippen molar-refractivity contribution in [3.63, 3.8) is 0 Å². The predicted octanol–water partition coefficient (Wildman–Crippen LogP) is -2.24. The maximum Gasteiger partial charge on any atom is 0.354 e. The number of aromatic carboxylic acids is 1. The third kappa shape index (κ3) is 18.5. The lowest BCUT2D eigenvalue weighted by Crippen LogP contribution is -2.51. The van der Waals surface area contributed by atoms with E-state index in [1.165, 1.54) is 6.07 Å². The summed E-state index contributed by atoms with van der Waals surface area (Å²) in [4.78, 5) is 107. The first kappa shape index (κ1) is 44.9. The molecule has 1 aliphatic rings. The second-order valence-electron chi connectivity index (χ2n) is 12.9. The van der Waals surface area contributed by atoms with E-state index in [9.17, 15) is 53.7 Å². The van der Waals surface area contributed by atoms with Gasteiger partial charge in [-0.3, -0.25) is 38.7 Å². The lowest BCUT2D eigenvalue weighted by atomic mass is 10.1. The number of nitrogens with zero attached hydrogens (tertiary/aromatic N) is 5. The largest absolute Gasteiger partial charge is 0.481 e. The van der Waals surface area contributed by atoms with Crippen molar-refractivity contribution in [1.29, 1.82) is 0 Å². The molecule has 0 unspecified atom stereocenters. The van der Waals surface area contributed by atoms with Crippen LogP contribution in [0.25, 0.3) is 0 Å². The molecule has 0 bridgehead atoms. The highest BCUT2D eigenvalue weighted by molar-refractivity contribution is 5.89. The van der Waals surface area contributed by atoms with E-state index < -0.39 is 59.6 Å². The number of urea groups is 1. The molecule has 21 nitrogen and oxygen atoms in total. The number of ketones is 1. The number of carboxylic acids is 4. The number of carbonyl (C=O) groups excluding carboxylic acids is 4. The van der Waals surface area contributed by atoms with Crippen LogP contribution in [-0.4, -0.2) is 184 Å². The highest BCUT2D eigenvalue weighted by Gasteiger charge is 2.25. The van der Waals surface area contributed by atoms with Crippen molar-refractivity contribution < 1.29 is 58.8 Å². The lowest BCUT2D eigenvalue weighted by Gasteiger charge is -2.32. The van der Waals surface area contributed by atoms with E-state index in [0.29, 0.717) is 64.6 Å². The van der Waals surface area contributed by atoms with Gasteiger partial charge in [-0.15, -0.1) is 0 Å². The molecule has 0 saturated carbocycles. The number of rotatable bonds is 19. The molecule has 1 aromatic rings. The van der Waals surface area contributed by atoms with Crippen LogP contribution in [0.3, 0.4) is 0 Å². The van der Waals surface area contributed by atoms with Crippen LogP contribution in [-0.2, 0) is 35.3 Å². The molecule has 1 aromatic heterocycles. The van der Waals surface area contributed by atoms with Gasteiger partial charge >= 0.3 is 29.9 Å². The Balaban J connectivity index is 1.87. The Morgan fingerprint density at radius 3 is 1.85 bits per heavy atom. The highest BCUT2D eigenvalue weighted by atomic mass is 16.4. The van der Waals surface area contributed by atoms with Crippen LogP contribution in [0.1, 0.15) is 48.8 Å². The normalized spacial score (nSPS) is 16.4. The van der Waals surface area contributed by atoms with Crippen LogP contribution in [0.15, 0.2) is 18.2 Å². The van der Waals surface area contributed by atoms with Crippen LogP contribution in [0.2, 0.25) is 0 Å². The number of pyridine rings is 1. The number of aliphatic carboxylic acids is 3. The zero-order valence-electron chi connectivity index (χ0n) is 30.5. The predicted molar refractivity (Wildman–Crippen MR) is 189 cm³/mol. The van der Waals surface area contributed by atoms with Gasteiger partial charge in [-0.05, 0) is 38.9 Å². The van der Waals surface area contributed by atoms with Gasteiger partial charge in [-0.2, -0.15) is 0 Å². The van der Waals surface area contributed by atoms with Crippen molar-refractivity contribution in [2.45, 2.75) is 51.2 Å². The molecule has 0 aliphatic carbocycles. The standard InChI is InChI=1S/C33H51N9O12/c1-22(43)24(7-9-29(46)47)37-33(54)38-26(32(52)53)6-8-27(44)34-21-35-28(45)19-41-13-11-39(2)10-12-40(14-16-42(17-15-41)20-30(48)49)18-23-4-3-5-25(36-23)31(50)51/h3-5,24,26H,6-21H2,1-2H3,(H,34,44)(H,35,45)(H,46,47)(H,48,49)(H,50,51)(H,52,53)(H2,37,38,54)/t24-,26-/m0/s1. The Bertz CT molecular complexity index is 1480. The summed E-state index contributed by atoms with van der Waals surface area (Å²) in [5.41, 5.74) is 0.528. The molecule has 2 atom stereocenters. The van der Waals surface area contributed by atoms with Gasteiger partial charge in [0.15, 0.2) is 5.78 Å². The lowest BCUT2D eigenvalue weighted by molar-refractivity contribution is -0.140. The molecule has 0 aromatic carbocycles. The van der Waals surface area contributed by atoms with Crippen molar-refractivity contribution in [3.8, 4) is 0 Å². The molecular formula is C33H51N9O12. The molecule has 0 spiro atoms. The molecule has 8 N–H and O–H groups in total. The van der Waals surface area contributed by atoms with Crippen molar-refractivity contribution in [2.24, 2.45) is 0 Å². The van der Waals surface area contributed by atoms with Gasteiger partial charge in [0.25, 0.3) is 0 Å². The minimum atomic E-state index is -1.50. The monoisotopic (exact) mass is 765 g/mol. The van der Waals surface area contributed by atoms with Crippen molar-refractivity contribution in [2.75, 3.05) is 79.2 Å². The fraction of sp³-hybridized carbons (Fsp3) is 0.606. The Labute approximate surface area is 312 Å². The fourth-order valence-corrected chi connectivity index (χ4v) is 5.34. The Morgan fingerprint density at radius 2 is 1.26 bits per heavy atom. The maximum absolute atomic E-state index is 12.8. The second-order valence-corrected chi connectivity index (χ2v) is 12.9. The Morgan fingerprint density at radius 1 is 0.704 bits per heavy atom. The molecular weight excluding hydrogens is 714 g/mol. The summed E-state index contributed by atoms with van der Waals surface area (Å²) in [5, 5.41) is 46.6. The van der Waals surface area contributed by atoms with E-state index >= 15 is 0 Å². The first-order valence-corrected chi connectivity index (χ1v) is 17.3. The molecule has 1 saturated heterocycles. The summed E-state index contributed by atoms with van der Waals surface area (Å²) in [7, 11) is 1.93. The fourth-order valence-electron chi connectivity index (χ4n) is 5.34. The van der Waals surface area contributed by atoms with Gasteiger partial charge in [-0.25, -0.2) is 19.4 Å². The third-order valence-electron chi connectivity index (χ3n) is 8.48. The number of hydrogen-bond donors (Lipinski definition) is 8. The minimum Gasteiger partial charge on any atom is -0.481 e. The number of carboxylic acid groups (broad SMARTS) is 4. The number of hydrogen-bond acceptors (Lipinski definition) is 13. The van der Waals surface area contributed by atoms with E-state index in [1.807, 2.05) is 11.9 Å². The number of aromatic nitrogens is 1. The smallest absolute Gasteiger partial charge is 0.354 e. The first-order valence-electron chi connectivity index (χ1n) is 17.3. The number of likely N-dealkylation sites (N-methyl/N-ethyl adjacent to an activating group) is 1. The number of amides is 4. The van der Waals surface area contributed by atoms with Crippen LogP contribution in [0, 0.1) is 0 Å². The summed E-state index contributed by atoms with van der Waals surface area (Å²) in [6, 6.07) is 1.15. The summed E-state index contributed by atoms with van der Waals surface area (Å²) in [5.74, 6) is -6.28. The molecule has 2 rings (SSSR count). The van der Waals surface area contributed by atoms with Gasteiger partial charge in [0, 0.05) is 71.7 Å². The van der Waals surface area contributed by atoms with Gasteiger partial charge in [0.05, 0.1) is 31.5 Å². The number of carbonyl (C=O) groups is 8. The third-order valence-corrected chi connectivity index (χ3v) is 8.48. The van der Waals surface area contributed by atoms with Crippen molar-refractivity contribution in [1.82, 2.24) is 45.9 Å². The summed E-state index contributed by atoms with van der Waals surface area (Å²) >= 11 is 0. The van der Waals surface area contributed by atoms with Crippen LogP contribution < -0.4 is 21.3 Å². The average molecular weight is 766 g/mol. The number of nitrogens with one attached hydrogen (secondary N) is 4. The maximum atomic E-state index is 12.8. The Hall–Kier alpha value is -5.25. The number of Topliss-reactive ketones (excluding diaryl/α,β-unsaturated/α-hetero) is 1. The molecule has 4 amide bonds. The Kier molecular flexibility index (Phi) is 19.5.